The Morgan fingerprint density at radius 1 is 1.00 bits per heavy atom. The lowest BCUT2D eigenvalue weighted by Gasteiger charge is -2.20. The SMILES string of the molecule is Cc1cc2c(cc1C(F)(F)F)N=C(P)CC(c1cccc(Oc3cc(F)cc(F)c3)c1)N2. The third-order valence-corrected chi connectivity index (χ3v) is 5.35. The summed E-state index contributed by atoms with van der Waals surface area (Å²) < 4.78 is 72.4. The fourth-order valence-electron chi connectivity index (χ4n) is 3.58. The second kappa shape index (κ2) is 8.51. The lowest BCUT2D eigenvalue weighted by molar-refractivity contribution is -0.138. The van der Waals surface area contributed by atoms with Crippen LogP contribution < -0.4 is 10.1 Å². The molecule has 0 aromatic heterocycles. The quantitative estimate of drug-likeness (QED) is 0.321. The van der Waals surface area contributed by atoms with Crippen LogP contribution in [0.15, 0.2) is 59.6 Å². The molecular weight excluding hydrogens is 446 g/mol. The highest BCUT2D eigenvalue weighted by molar-refractivity contribution is 7.40. The zero-order chi connectivity index (χ0) is 23.0. The molecule has 166 valence electrons. The molecule has 9 heteroatoms. The lowest BCUT2D eigenvalue weighted by Crippen LogP contribution is -2.12. The number of hydrogen-bond donors (Lipinski definition) is 1. The molecule has 0 fully saturated rings. The van der Waals surface area contributed by atoms with Gasteiger partial charge in [-0.3, -0.25) is 4.99 Å². The lowest BCUT2D eigenvalue weighted by atomic mass is 10.0. The number of nitrogens with one attached hydrogen (secondary N) is 1. The molecule has 32 heavy (non-hydrogen) atoms. The van der Waals surface area contributed by atoms with E-state index < -0.39 is 23.4 Å². The number of hydrogen-bond acceptors (Lipinski definition) is 3. The first-order valence-corrected chi connectivity index (χ1v) is 10.2. The van der Waals surface area contributed by atoms with Gasteiger partial charge in [0, 0.05) is 30.1 Å². The molecule has 1 aliphatic rings. The van der Waals surface area contributed by atoms with Crippen LogP contribution in [0.2, 0.25) is 0 Å². The largest absolute Gasteiger partial charge is 0.457 e. The van der Waals surface area contributed by atoms with Gasteiger partial charge in [0.25, 0.3) is 0 Å². The Kier molecular flexibility index (Phi) is 5.91. The molecule has 0 spiro atoms. The molecule has 3 aromatic carbocycles. The molecule has 0 radical (unpaired) electrons. The van der Waals surface area contributed by atoms with E-state index in [1.807, 2.05) is 6.07 Å². The van der Waals surface area contributed by atoms with Crippen molar-refractivity contribution in [1.82, 2.24) is 0 Å². The average molecular weight is 464 g/mol. The van der Waals surface area contributed by atoms with Crippen LogP contribution in [0.3, 0.4) is 0 Å². The van der Waals surface area contributed by atoms with E-state index in [2.05, 4.69) is 19.5 Å². The molecule has 0 aliphatic carbocycles. The minimum Gasteiger partial charge on any atom is -0.457 e. The van der Waals surface area contributed by atoms with E-state index in [1.165, 1.54) is 13.0 Å². The van der Waals surface area contributed by atoms with Crippen LogP contribution in [0.5, 0.6) is 11.5 Å². The average Bonchev–Trinajstić information content (AvgIpc) is 2.83. The Balaban J connectivity index is 1.65. The summed E-state index contributed by atoms with van der Waals surface area (Å²) in [5, 5.41) is 3.26. The zero-order valence-corrected chi connectivity index (χ0v) is 18.0. The molecular formula is C23H18F5N2OP. The second-order valence-corrected chi connectivity index (χ2v) is 8.13. The summed E-state index contributed by atoms with van der Waals surface area (Å²) in [6, 6.07) is 12.0. The van der Waals surface area contributed by atoms with Crippen molar-refractivity contribution < 1.29 is 26.7 Å². The number of halogens is 5. The van der Waals surface area contributed by atoms with Gasteiger partial charge in [-0.25, -0.2) is 8.78 Å². The zero-order valence-electron chi connectivity index (χ0n) is 16.8. The van der Waals surface area contributed by atoms with Crippen molar-refractivity contribution in [3.63, 3.8) is 0 Å². The van der Waals surface area contributed by atoms with Crippen molar-refractivity contribution in [2.75, 3.05) is 5.32 Å². The van der Waals surface area contributed by atoms with Crippen LogP contribution in [0.1, 0.15) is 29.2 Å². The summed E-state index contributed by atoms with van der Waals surface area (Å²) in [6.45, 7) is 1.41. The number of fused-ring (bicyclic) bond motifs is 1. The minimum absolute atomic E-state index is 0.0161. The van der Waals surface area contributed by atoms with E-state index in [-0.39, 0.29) is 23.0 Å². The van der Waals surface area contributed by atoms with Crippen LogP contribution in [0, 0.1) is 18.6 Å². The maximum atomic E-state index is 13.4. The van der Waals surface area contributed by atoms with Gasteiger partial charge in [-0.05, 0) is 42.3 Å². The summed E-state index contributed by atoms with van der Waals surface area (Å²) in [7, 11) is 2.46. The molecule has 0 amide bonds. The van der Waals surface area contributed by atoms with E-state index in [0.29, 0.717) is 23.3 Å². The first kappa shape index (κ1) is 22.2. The Labute approximate surface area is 183 Å². The Morgan fingerprint density at radius 3 is 2.41 bits per heavy atom. The summed E-state index contributed by atoms with van der Waals surface area (Å²) in [5.41, 5.74) is 1.41. The number of nitrogens with zero attached hydrogens (tertiary/aromatic N) is 1. The van der Waals surface area contributed by atoms with E-state index in [1.54, 1.807) is 18.2 Å². The van der Waals surface area contributed by atoms with E-state index >= 15 is 0 Å². The van der Waals surface area contributed by atoms with Crippen LogP contribution in [-0.2, 0) is 6.18 Å². The molecule has 1 aliphatic heterocycles. The molecule has 0 saturated heterocycles. The summed E-state index contributed by atoms with van der Waals surface area (Å²) >= 11 is 0. The predicted molar refractivity (Wildman–Crippen MR) is 117 cm³/mol. The number of aryl methyl sites for hydroxylation is 1. The van der Waals surface area contributed by atoms with Crippen molar-refractivity contribution in [3.8, 4) is 11.5 Å². The van der Waals surface area contributed by atoms with Crippen LogP contribution >= 0.6 is 9.24 Å². The molecule has 1 N–H and O–H groups in total. The van der Waals surface area contributed by atoms with Crippen molar-refractivity contribution in [3.05, 3.63) is 82.9 Å². The molecule has 0 saturated carbocycles. The highest BCUT2D eigenvalue weighted by atomic mass is 31.0. The number of rotatable bonds is 3. The van der Waals surface area contributed by atoms with Crippen molar-refractivity contribution in [2.45, 2.75) is 25.6 Å². The van der Waals surface area contributed by atoms with Gasteiger partial charge in [-0.15, -0.1) is 0 Å². The maximum absolute atomic E-state index is 13.4. The van der Waals surface area contributed by atoms with Gasteiger partial charge < -0.3 is 10.1 Å². The van der Waals surface area contributed by atoms with E-state index in [0.717, 1.165) is 29.8 Å². The van der Waals surface area contributed by atoms with Gasteiger partial charge >= 0.3 is 6.18 Å². The molecule has 3 aromatic rings. The first-order chi connectivity index (χ1) is 15.1. The Bertz CT molecular complexity index is 1190. The highest BCUT2D eigenvalue weighted by Crippen LogP contribution is 2.42. The van der Waals surface area contributed by atoms with Crippen molar-refractivity contribution in [2.24, 2.45) is 4.99 Å². The minimum atomic E-state index is -4.47. The molecule has 1 heterocycles. The Morgan fingerprint density at radius 2 is 1.72 bits per heavy atom. The van der Waals surface area contributed by atoms with Gasteiger partial charge in [0.05, 0.1) is 23.0 Å². The number of aliphatic imine (C=N–C) groups is 1. The number of ether oxygens (including phenoxy) is 1. The fourth-order valence-corrected chi connectivity index (χ4v) is 3.95. The standard InChI is InChI=1S/C23H18F5N2OP/c1-12-5-20-21(10-18(12)23(26,27)28)30-22(32)11-19(29-20)13-3-2-4-16(6-13)31-17-8-14(24)7-15(25)9-17/h2-10,19,29H,11,32H2,1H3. The smallest absolute Gasteiger partial charge is 0.416 e. The second-order valence-electron chi connectivity index (χ2n) is 7.47. The third-order valence-electron chi connectivity index (χ3n) is 4.99. The van der Waals surface area contributed by atoms with Crippen LogP contribution in [0.4, 0.5) is 33.3 Å². The van der Waals surface area contributed by atoms with E-state index in [9.17, 15) is 22.0 Å². The Hall–Kier alpha value is -2.99. The van der Waals surface area contributed by atoms with Gasteiger partial charge in [-0.2, -0.15) is 13.2 Å². The number of benzene rings is 3. The normalized spacial score (nSPS) is 16.0. The number of alkyl halides is 3. The summed E-state index contributed by atoms with van der Waals surface area (Å²) in [5.74, 6) is -1.13. The predicted octanol–water partition coefficient (Wildman–Crippen LogP) is 7.55. The van der Waals surface area contributed by atoms with Gasteiger partial charge in [0.15, 0.2) is 0 Å². The fraction of sp³-hybridized carbons (Fsp3) is 0.174. The van der Waals surface area contributed by atoms with Crippen LogP contribution in [0.25, 0.3) is 0 Å². The molecule has 2 atom stereocenters. The summed E-state index contributed by atoms with van der Waals surface area (Å²) in [4.78, 5) is 4.34. The van der Waals surface area contributed by atoms with Gasteiger partial charge in [0.2, 0.25) is 0 Å². The maximum Gasteiger partial charge on any atom is 0.416 e. The molecule has 2 unspecified atom stereocenters. The molecule has 3 nitrogen and oxygen atoms in total. The first-order valence-electron chi connectivity index (χ1n) is 9.64. The van der Waals surface area contributed by atoms with Gasteiger partial charge in [-0.1, -0.05) is 21.4 Å². The molecule has 0 bridgehead atoms. The van der Waals surface area contributed by atoms with Crippen LogP contribution in [-0.4, -0.2) is 5.45 Å². The number of anilines is 1. The third kappa shape index (κ3) is 4.91. The highest BCUT2D eigenvalue weighted by Gasteiger charge is 2.34. The topological polar surface area (TPSA) is 33.6 Å². The van der Waals surface area contributed by atoms with Crippen molar-refractivity contribution in [1.29, 1.82) is 0 Å². The monoisotopic (exact) mass is 464 g/mol. The van der Waals surface area contributed by atoms with Gasteiger partial charge in [0.1, 0.15) is 23.1 Å². The molecule has 4 rings (SSSR count). The van der Waals surface area contributed by atoms with Crippen molar-refractivity contribution >= 4 is 26.1 Å². The summed E-state index contributed by atoms with van der Waals surface area (Å²) in [6.07, 6.45) is -4.05. The van der Waals surface area contributed by atoms with E-state index in [4.69, 9.17) is 4.74 Å².